The van der Waals surface area contributed by atoms with Gasteiger partial charge in [-0.2, -0.15) is 0 Å². The van der Waals surface area contributed by atoms with Crippen LogP contribution in [-0.4, -0.2) is 33.6 Å². The standard InChI is InChI=1S/C21H19N3O2S/c1-15-17(7-8-20-13-22-14-27-20)10-18(11-23-15)21(26)24-12-19(25)9-16-5-3-2-4-6-16/h2-6,10-11,13-14,19,25H,9,12H2,1H3,(H,24,26). The molecule has 3 rings (SSSR count). The van der Waals surface area contributed by atoms with Crippen molar-refractivity contribution in [1.29, 1.82) is 0 Å². The number of hydrogen-bond donors (Lipinski definition) is 2. The molecule has 0 radical (unpaired) electrons. The highest BCUT2D eigenvalue weighted by atomic mass is 32.1. The predicted molar refractivity (Wildman–Crippen MR) is 106 cm³/mol. The van der Waals surface area contributed by atoms with E-state index >= 15 is 0 Å². The molecule has 3 aromatic rings. The summed E-state index contributed by atoms with van der Waals surface area (Å²) in [5.41, 5.74) is 4.62. The molecule has 136 valence electrons. The third-order valence-electron chi connectivity index (χ3n) is 3.91. The van der Waals surface area contributed by atoms with Crippen LogP contribution in [0, 0.1) is 18.8 Å². The van der Waals surface area contributed by atoms with Crippen LogP contribution in [0.15, 0.2) is 54.3 Å². The summed E-state index contributed by atoms with van der Waals surface area (Å²) in [5, 5.41) is 12.9. The van der Waals surface area contributed by atoms with Gasteiger partial charge < -0.3 is 10.4 Å². The van der Waals surface area contributed by atoms with E-state index in [-0.39, 0.29) is 12.5 Å². The molecule has 1 unspecified atom stereocenters. The number of carbonyl (C=O) groups excluding carboxylic acids is 1. The van der Waals surface area contributed by atoms with Crippen LogP contribution in [0.5, 0.6) is 0 Å². The molecular formula is C21H19N3O2S. The minimum absolute atomic E-state index is 0.170. The van der Waals surface area contributed by atoms with Gasteiger partial charge in [0, 0.05) is 24.7 Å². The van der Waals surface area contributed by atoms with Crippen LogP contribution in [0.25, 0.3) is 0 Å². The smallest absolute Gasteiger partial charge is 0.252 e. The quantitative estimate of drug-likeness (QED) is 0.670. The Morgan fingerprint density at radius 3 is 2.81 bits per heavy atom. The third-order valence-corrected chi connectivity index (χ3v) is 4.60. The largest absolute Gasteiger partial charge is 0.391 e. The van der Waals surface area contributed by atoms with Crippen molar-refractivity contribution in [2.45, 2.75) is 19.4 Å². The highest BCUT2D eigenvalue weighted by Crippen LogP contribution is 2.09. The fraction of sp³-hybridized carbons (Fsp3) is 0.190. The molecule has 0 bridgehead atoms. The van der Waals surface area contributed by atoms with Crippen molar-refractivity contribution in [3.05, 3.63) is 81.6 Å². The lowest BCUT2D eigenvalue weighted by Gasteiger charge is -2.12. The number of hydrogen-bond acceptors (Lipinski definition) is 5. The number of aryl methyl sites for hydroxylation is 1. The van der Waals surface area contributed by atoms with E-state index in [1.54, 1.807) is 17.8 Å². The van der Waals surface area contributed by atoms with Crippen LogP contribution in [-0.2, 0) is 6.42 Å². The summed E-state index contributed by atoms with van der Waals surface area (Å²) in [6.07, 6.45) is 3.05. The van der Waals surface area contributed by atoms with Crippen LogP contribution >= 0.6 is 11.3 Å². The fourth-order valence-corrected chi connectivity index (χ4v) is 2.93. The zero-order valence-electron chi connectivity index (χ0n) is 14.8. The molecule has 2 N–H and O–H groups in total. The molecule has 0 aliphatic rings. The number of carbonyl (C=O) groups is 1. The Bertz CT molecular complexity index is 960. The molecule has 27 heavy (non-hydrogen) atoms. The second kappa shape index (κ2) is 9.08. The van der Waals surface area contributed by atoms with Crippen molar-refractivity contribution >= 4 is 17.2 Å². The Morgan fingerprint density at radius 1 is 1.26 bits per heavy atom. The first-order valence-corrected chi connectivity index (χ1v) is 9.37. The number of nitrogens with one attached hydrogen (secondary N) is 1. The van der Waals surface area contributed by atoms with Gasteiger partial charge in [0.15, 0.2) is 0 Å². The van der Waals surface area contributed by atoms with Crippen LogP contribution < -0.4 is 5.32 Å². The van der Waals surface area contributed by atoms with E-state index < -0.39 is 6.10 Å². The van der Waals surface area contributed by atoms with E-state index in [1.165, 1.54) is 17.5 Å². The molecule has 0 fully saturated rings. The van der Waals surface area contributed by atoms with Crippen molar-refractivity contribution in [2.24, 2.45) is 0 Å². The highest BCUT2D eigenvalue weighted by Gasteiger charge is 2.11. The summed E-state index contributed by atoms with van der Waals surface area (Å²) in [7, 11) is 0. The predicted octanol–water partition coefficient (Wildman–Crippen LogP) is 2.58. The molecule has 0 aliphatic carbocycles. The van der Waals surface area contributed by atoms with E-state index in [0.717, 1.165) is 16.1 Å². The van der Waals surface area contributed by atoms with Gasteiger partial charge in [-0.05, 0) is 24.5 Å². The number of rotatable bonds is 5. The van der Waals surface area contributed by atoms with Gasteiger partial charge in [0.25, 0.3) is 5.91 Å². The summed E-state index contributed by atoms with van der Waals surface area (Å²) in [5.74, 6) is 5.77. The van der Waals surface area contributed by atoms with Crippen molar-refractivity contribution < 1.29 is 9.90 Å². The molecule has 0 aliphatic heterocycles. The Balaban J connectivity index is 1.62. The number of benzene rings is 1. The monoisotopic (exact) mass is 377 g/mol. The van der Waals surface area contributed by atoms with Gasteiger partial charge in [-0.15, -0.1) is 11.3 Å². The molecule has 0 saturated heterocycles. The zero-order chi connectivity index (χ0) is 19.1. The van der Waals surface area contributed by atoms with Crippen LogP contribution in [0.4, 0.5) is 0 Å². The number of nitrogens with zero attached hydrogens (tertiary/aromatic N) is 2. The Kier molecular flexibility index (Phi) is 6.31. The second-order valence-corrected chi connectivity index (χ2v) is 6.91. The third kappa shape index (κ3) is 5.48. The molecule has 2 aromatic heterocycles. The summed E-state index contributed by atoms with van der Waals surface area (Å²) in [6, 6.07) is 11.4. The van der Waals surface area contributed by atoms with Crippen molar-refractivity contribution in [2.75, 3.05) is 6.54 Å². The average Bonchev–Trinajstić information content (AvgIpc) is 3.20. The maximum absolute atomic E-state index is 12.4. The first-order valence-electron chi connectivity index (χ1n) is 8.49. The molecular weight excluding hydrogens is 358 g/mol. The summed E-state index contributed by atoms with van der Waals surface area (Å²) >= 11 is 1.46. The van der Waals surface area contributed by atoms with Crippen LogP contribution in [0.1, 0.15) is 32.1 Å². The highest BCUT2D eigenvalue weighted by molar-refractivity contribution is 7.10. The fourth-order valence-electron chi connectivity index (χ4n) is 2.46. The topological polar surface area (TPSA) is 75.1 Å². The SMILES string of the molecule is Cc1ncc(C(=O)NCC(O)Cc2ccccc2)cc1C#Cc1cncs1. The van der Waals surface area contributed by atoms with E-state index in [4.69, 9.17) is 0 Å². The summed E-state index contributed by atoms with van der Waals surface area (Å²) < 4.78 is 0. The lowest BCUT2D eigenvalue weighted by atomic mass is 10.1. The average molecular weight is 377 g/mol. The molecule has 6 heteroatoms. The van der Waals surface area contributed by atoms with Crippen LogP contribution in [0.2, 0.25) is 0 Å². The van der Waals surface area contributed by atoms with E-state index in [1.807, 2.05) is 37.3 Å². The lowest BCUT2D eigenvalue weighted by molar-refractivity contribution is 0.0915. The molecule has 1 atom stereocenters. The molecule has 0 saturated carbocycles. The Hall–Kier alpha value is -3.01. The number of thiazole rings is 1. The van der Waals surface area contributed by atoms with E-state index in [0.29, 0.717) is 17.5 Å². The second-order valence-electron chi connectivity index (χ2n) is 6.03. The zero-order valence-corrected chi connectivity index (χ0v) is 15.7. The van der Waals surface area contributed by atoms with E-state index in [2.05, 4.69) is 27.1 Å². The van der Waals surface area contributed by atoms with Crippen LogP contribution in [0.3, 0.4) is 0 Å². The maximum atomic E-state index is 12.4. The molecule has 1 aromatic carbocycles. The molecule has 1 amide bonds. The number of aliphatic hydroxyl groups excluding tert-OH is 1. The summed E-state index contributed by atoms with van der Waals surface area (Å²) in [6.45, 7) is 2.02. The molecule has 5 nitrogen and oxygen atoms in total. The van der Waals surface area contributed by atoms with Gasteiger partial charge in [-0.3, -0.25) is 14.8 Å². The number of aliphatic hydroxyl groups is 1. The normalized spacial score (nSPS) is 11.3. The van der Waals surface area contributed by atoms with Crippen molar-refractivity contribution in [1.82, 2.24) is 15.3 Å². The Morgan fingerprint density at radius 2 is 2.07 bits per heavy atom. The summed E-state index contributed by atoms with van der Waals surface area (Å²) in [4.78, 5) is 21.5. The van der Waals surface area contributed by atoms with Gasteiger partial charge in [0.1, 0.15) is 0 Å². The van der Waals surface area contributed by atoms with E-state index in [9.17, 15) is 9.90 Å². The Labute approximate surface area is 162 Å². The molecule has 2 heterocycles. The van der Waals surface area contributed by atoms with Gasteiger partial charge in [0.2, 0.25) is 0 Å². The molecule has 0 spiro atoms. The van der Waals surface area contributed by atoms with Gasteiger partial charge in [-0.1, -0.05) is 36.3 Å². The minimum atomic E-state index is -0.652. The lowest BCUT2D eigenvalue weighted by Crippen LogP contribution is -2.33. The van der Waals surface area contributed by atoms with Crippen molar-refractivity contribution in [3.63, 3.8) is 0 Å². The first-order chi connectivity index (χ1) is 13.1. The first kappa shape index (κ1) is 18.8. The maximum Gasteiger partial charge on any atom is 0.252 e. The van der Waals surface area contributed by atoms with Gasteiger partial charge >= 0.3 is 0 Å². The number of pyridine rings is 1. The number of amides is 1. The number of aromatic nitrogens is 2. The van der Waals surface area contributed by atoms with Gasteiger partial charge in [-0.25, -0.2) is 0 Å². The minimum Gasteiger partial charge on any atom is -0.391 e. The van der Waals surface area contributed by atoms with Gasteiger partial charge in [0.05, 0.1) is 33.9 Å². The van der Waals surface area contributed by atoms with Crippen molar-refractivity contribution in [3.8, 4) is 11.8 Å².